The molecule has 0 spiro atoms. The number of nitrogens with one attached hydrogen (secondary N) is 1. The molecular weight excluding hydrogens is 529 g/mol. The molecule has 0 aliphatic rings. The predicted molar refractivity (Wildman–Crippen MR) is 118 cm³/mol. The summed E-state index contributed by atoms with van der Waals surface area (Å²) in [6, 6.07) is 8.79. The van der Waals surface area contributed by atoms with Crippen LogP contribution in [0.25, 0.3) is 22.9 Å². The molecule has 0 saturated carbocycles. The van der Waals surface area contributed by atoms with E-state index in [1.807, 2.05) is 5.32 Å². The number of hydrogen-bond acceptors (Lipinski definition) is 8. The van der Waals surface area contributed by atoms with Gasteiger partial charge >= 0.3 is 6.18 Å². The second kappa shape index (κ2) is 9.74. The molecule has 194 valence electrons. The van der Waals surface area contributed by atoms with Gasteiger partial charge in [-0.1, -0.05) is 35.0 Å². The van der Waals surface area contributed by atoms with Crippen molar-refractivity contribution in [2.24, 2.45) is 5.73 Å². The fraction of sp³-hybridized carbons (Fsp3) is 0.190. The Morgan fingerprint density at radius 2 is 1.89 bits per heavy atom. The summed E-state index contributed by atoms with van der Waals surface area (Å²) >= 11 is 5.81. The average Bonchev–Trinajstić information content (AvgIpc) is 3.50. The van der Waals surface area contributed by atoms with E-state index >= 15 is 0 Å². The fourth-order valence-corrected chi connectivity index (χ4v) is 3.35. The lowest BCUT2D eigenvalue weighted by atomic mass is 10.0. The lowest BCUT2D eigenvalue weighted by Gasteiger charge is -2.27. The first-order valence-electron chi connectivity index (χ1n) is 10.2. The van der Waals surface area contributed by atoms with Crippen LogP contribution in [0.3, 0.4) is 0 Å². The van der Waals surface area contributed by atoms with Gasteiger partial charge in [-0.3, -0.25) is 9.48 Å². The third kappa shape index (κ3) is 5.08. The van der Waals surface area contributed by atoms with Crippen molar-refractivity contribution in [3.05, 3.63) is 65.0 Å². The van der Waals surface area contributed by atoms with Gasteiger partial charge in [0.15, 0.2) is 16.8 Å². The molecule has 37 heavy (non-hydrogen) atoms. The molecular formula is C21H15ClF5N7O3. The standard InChI is InChI=1S/C21H15ClF5N7O3/c22-16-15(24)18(29-9-20(36,19(28)35)21(25,26)27)31-17(30-16)13-7-14(12-5-6-37-33-12)34(32-13)8-10-3-1-2-4-11(10)23/h1-7,36H,8-9H2,(H2,28,35)(H,29,30,31)/t20-/m0/s1. The van der Waals surface area contributed by atoms with Crippen LogP contribution in [0, 0.1) is 11.6 Å². The summed E-state index contributed by atoms with van der Waals surface area (Å²) in [5.74, 6) is -5.20. The van der Waals surface area contributed by atoms with Gasteiger partial charge in [0.2, 0.25) is 5.82 Å². The van der Waals surface area contributed by atoms with Gasteiger partial charge in [-0.25, -0.2) is 14.4 Å². The van der Waals surface area contributed by atoms with Crippen LogP contribution in [-0.4, -0.2) is 54.2 Å². The molecule has 10 nitrogen and oxygen atoms in total. The molecule has 4 rings (SSSR count). The van der Waals surface area contributed by atoms with Crippen LogP contribution in [0.4, 0.5) is 27.8 Å². The van der Waals surface area contributed by atoms with Gasteiger partial charge in [-0.2, -0.15) is 22.7 Å². The third-order valence-electron chi connectivity index (χ3n) is 5.19. The molecule has 0 bridgehead atoms. The maximum absolute atomic E-state index is 14.5. The number of primary amides is 1. The molecule has 16 heteroatoms. The van der Waals surface area contributed by atoms with E-state index in [9.17, 15) is 31.9 Å². The molecule has 4 aromatic rings. The summed E-state index contributed by atoms with van der Waals surface area (Å²) in [6.07, 6.45) is -4.19. The third-order valence-corrected chi connectivity index (χ3v) is 5.44. The number of alkyl halides is 3. The number of halogens is 6. The number of anilines is 1. The molecule has 0 saturated heterocycles. The maximum Gasteiger partial charge on any atom is 0.428 e. The Labute approximate surface area is 208 Å². The molecule has 1 amide bonds. The van der Waals surface area contributed by atoms with E-state index in [4.69, 9.17) is 21.9 Å². The van der Waals surface area contributed by atoms with Crippen molar-refractivity contribution in [2.45, 2.75) is 18.3 Å². The van der Waals surface area contributed by atoms with E-state index in [0.29, 0.717) is 11.4 Å². The van der Waals surface area contributed by atoms with E-state index in [2.05, 4.69) is 20.2 Å². The van der Waals surface area contributed by atoms with Gasteiger partial charge in [0.1, 0.15) is 23.5 Å². The van der Waals surface area contributed by atoms with Crippen LogP contribution < -0.4 is 11.1 Å². The minimum absolute atomic E-state index is 0.0414. The van der Waals surface area contributed by atoms with Crippen molar-refractivity contribution in [3.8, 4) is 22.9 Å². The summed E-state index contributed by atoms with van der Waals surface area (Å²) < 4.78 is 74.5. The highest BCUT2D eigenvalue weighted by molar-refractivity contribution is 6.29. The Morgan fingerprint density at radius 1 is 1.16 bits per heavy atom. The molecule has 0 aliphatic heterocycles. The smallest absolute Gasteiger partial charge is 0.371 e. The van der Waals surface area contributed by atoms with Crippen LogP contribution in [0.1, 0.15) is 5.56 Å². The largest absolute Gasteiger partial charge is 0.428 e. The zero-order valence-corrected chi connectivity index (χ0v) is 19.1. The molecule has 0 unspecified atom stereocenters. The Balaban J connectivity index is 1.73. The monoisotopic (exact) mass is 543 g/mol. The number of nitrogens with two attached hydrogens (primary N) is 1. The van der Waals surface area contributed by atoms with Gasteiger partial charge in [-0.15, -0.1) is 0 Å². The highest BCUT2D eigenvalue weighted by atomic mass is 35.5. The number of aliphatic hydroxyl groups is 1. The van der Waals surface area contributed by atoms with Gasteiger partial charge in [0.25, 0.3) is 11.5 Å². The first-order chi connectivity index (χ1) is 17.4. The summed E-state index contributed by atoms with van der Waals surface area (Å²) in [7, 11) is 0. The average molecular weight is 544 g/mol. The van der Waals surface area contributed by atoms with Crippen molar-refractivity contribution in [1.82, 2.24) is 24.9 Å². The van der Waals surface area contributed by atoms with Crippen LogP contribution in [-0.2, 0) is 11.3 Å². The highest BCUT2D eigenvalue weighted by Crippen LogP contribution is 2.32. The summed E-state index contributed by atoms with van der Waals surface area (Å²) in [4.78, 5) is 18.8. The van der Waals surface area contributed by atoms with E-state index in [1.165, 1.54) is 41.3 Å². The number of carbonyl (C=O) groups excluding carboxylic acids is 1. The van der Waals surface area contributed by atoms with E-state index in [0.717, 1.165) is 0 Å². The lowest BCUT2D eigenvalue weighted by Crippen LogP contribution is -2.59. The van der Waals surface area contributed by atoms with Crippen LogP contribution in [0.5, 0.6) is 0 Å². The number of hydrogen-bond donors (Lipinski definition) is 3. The molecule has 4 N–H and O–H groups in total. The summed E-state index contributed by atoms with van der Waals surface area (Å²) in [6.45, 7) is -1.65. The van der Waals surface area contributed by atoms with Crippen molar-refractivity contribution in [3.63, 3.8) is 0 Å². The minimum atomic E-state index is -5.47. The molecule has 0 radical (unpaired) electrons. The van der Waals surface area contributed by atoms with E-state index in [1.54, 1.807) is 6.07 Å². The van der Waals surface area contributed by atoms with E-state index < -0.39 is 46.8 Å². The first-order valence-corrected chi connectivity index (χ1v) is 10.6. The normalized spacial score (nSPS) is 13.4. The van der Waals surface area contributed by atoms with Gasteiger partial charge in [-0.05, 0) is 12.1 Å². The number of benzene rings is 1. The fourth-order valence-electron chi connectivity index (χ4n) is 3.18. The van der Waals surface area contributed by atoms with Crippen molar-refractivity contribution < 1.29 is 36.4 Å². The molecule has 1 atom stereocenters. The number of amides is 1. The van der Waals surface area contributed by atoms with Crippen molar-refractivity contribution in [1.29, 1.82) is 0 Å². The summed E-state index contributed by atoms with van der Waals surface area (Å²) in [5, 5.41) is 18.9. The number of aromatic nitrogens is 5. The maximum atomic E-state index is 14.5. The lowest BCUT2D eigenvalue weighted by molar-refractivity contribution is -0.245. The number of rotatable bonds is 8. The van der Waals surface area contributed by atoms with Gasteiger partial charge < -0.3 is 20.7 Å². The molecule has 3 aromatic heterocycles. The Kier molecular flexibility index (Phi) is 6.84. The molecule has 3 heterocycles. The first kappa shape index (κ1) is 26.0. The van der Waals surface area contributed by atoms with Crippen LogP contribution in [0.15, 0.2) is 47.2 Å². The van der Waals surface area contributed by atoms with Gasteiger partial charge in [0, 0.05) is 11.6 Å². The number of carbonyl (C=O) groups is 1. The zero-order chi connectivity index (χ0) is 27.0. The molecule has 0 aliphatic carbocycles. The quantitative estimate of drug-likeness (QED) is 0.227. The summed E-state index contributed by atoms with van der Waals surface area (Å²) in [5.41, 5.74) is 1.49. The topological polar surface area (TPSA) is 145 Å². The van der Waals surface area contributed by atoms with Crippen molar-refractivity contribution >= 4 is 23.3 Å². The predicted octanol–water partition coefficient (Wildman–Crippen LogP) is 3.17. The van der Waals surface area contributed by atoms with Crippen LogP contribution >= 0.6 is 11.6 Å². The Hall–Kier alpha value is -4.11. The second-order valence-electron chi connectivity index (χ2n) is 7.63. The molecule has 0 fully saturated rings. The highest BCUT2D eigenvalue weighted by Gasteiger charge is 2.58. The number of nitrogens with zero attached hydrogens (tertiary/aromatic N) is 5. The minimum Gasteiger partial charge on any atom is -0.371 e. The van der Waals surface area contributed by atoms with E-state index in [-0.39, 0.29) is 23.6 Å². The van der Waals surface area contributed by atoms with Gasteiger partial charge in [0.05, 0.1) is 18.8 Å². The second-order valence-corrected chi connectivity index (χ2v) is 7.98. The molecule has 1 aromatic carbocycles. The van der Waals surface area contributed by atoms with Crippen LogP contribution in [0.2, 0.25) is 5.15 Å². The van der Waals surface area contributed by atoms with Crippen molar-refractivity contribution in [2.75, 3.05) is 11.9 Å². The SMILES string of the molecule is NC(=O)[C@@](O)(CNc1nc(-c2cc(-c3ccon3)n(Cc3ccccc3F)n2)nc(Cl)c1F)C(F)(F)F. The Morgan fingerprint density at radius 3 is 2.51 bits per heavy atom. The zero-order valence-electron chi connectivity index (χ0n) is 18.3. The Bertz CT molecular complexity index is 1450.